The van der Waals surface area contributed by atoms with Gasteiger partial charge >= 0.3 is 5.97 Å². The number of benzene rings is 1. The zero-order chi connectivity index (χ0) is 9.42. The number of nitrogens with zero attached hydrogens (tertiary/aromatic N) is 1. The minimum Gasteiger partial charge on any atom is -0.508 e. The van der Waals surface area contributed by atoms with Crippen molar-refractivity contribution in [2.45, 2.75) is 0 Å². The summed E-state index contributed by atoms with van der Waals surface area (Å²) in [5.74, 6) is -1.19. The molecule has 0 atom stereocenters. The molecule has 2 rings (SSSR count). The highest BCUT2D eigenvalue weighted by molar-refractivity contribution is 6.00. The minimum absolute atomic E-state index is 0.0156. The summed E-state index contributed by atoms with van der Waals surface area (Å²) in [4.78, 5) is 10.6. The van der Waals surface area contributed by atoms with Gasteiger partial charge in [0.25, 0.3) is 0 Å². The Labute approximate surface area is 72.2 Å². The van der Waals surface area contributed by atoms with E-state index in [1.165, 1.54) is 18.2 Å². The molecule has 0 aliphatic carbocycles. The number of carboxylic acids is 1. The molecule has 0 fully saturated rings. The monoisotopic (exact) mass is 179 g/mol. The van der Waals surface area contributed by atoms with Crippen LogP contribution in [0, 0.1) is 0 Å². The SMILES string of the molecule is O=C(O)c1noc2ccc(O)cc12. The van der Waals surface area contributed by atoms with E-state index >= 15 is 0 Å². The Morgan fingerprint density at radius 3 is 2.92 bits per heavy atom. The minimum atomic E-state index is -1.18. The van der Waals surface area contributed by atoms with Crippen molar-refractivity contribution in [2.24, 2.45) is 0 Å². The molecular formula is C8H5NO4. The molecule has 2 aromatic rings. The van der Waals surface area contributed by atoms with Crippen LogP contribution in [-0.2, 0) is 0 Å². The Bertz CT molecular complexity index is 474. The van der Waals surface area contributed by atoms with E-state index < -0.39 is 5.97 Å². The average Bonchev–Trinajstić information content (AvgIpc) is 2.46. The molecule has 66 valence electrons. The zero-order valence-electron chi connectivity index (χ0n) is 6.39. The summed E-state index contributed by atoms with van der Waals surface area (Å²) in [7, 11) is 0. The summed E-state index contributed by atoms with van der Waals surface area (Å²) in [6.45, 7) is 0. The number of phenols is 1. The van der Waals surface area contributed by atoms with Crippen molar-refractivity contribution >= 4 is 16.9 Å². The van der Waals surface area contributed by atoms with Gasteiger partial charge in [-0.1, -0.05) is 5.16 Å². The fraction of sp³-hybridized carbons (Fsp3) is 0. The Morgan fingerprint density at radius 2 is 2.23 bits per heavy atom. The second kappa shape index (κ2) is 2.48. The number of phenolic OH excluding ortho intramolecular Hbond substituents is 1. The largest absolute Gasteiger partial charge is 0.508 e. The highest BCUT2D eigenvalue weighted by atomic mass is 16.5. The lowest BCUT2D eigenvalue weighted by Gasteiger charge is -1.89. The van der Waals surface area contributed by atoms with Crippen LogP contribution in [0.4, 0.5) is 0 Å². The number of aromatic carboxylic acids is 1. The van der Waals surface area contributed by atoms with Gasteiger partial charge in [0.1, 0.15) is 5.75 Å². The molecule has 1 aromatic carbocycles. The summed E-state index contributed by atoms with van der Waals surface area (Å²) in [6, 6.07) is 4.17. The summed E-state index contributed by atoms with van der Waals surface area (Å²) in [6.07, 6.45) is 0. The van der Waals surface area contributed by atoms with Crippen molar-refractivity contribution in [3.63, 3.8) is 0 Å². The lowest BCUT2D eigenvalue weighted by atomic mass is 10.2. The van der Waals surface area contributed by atoms with Crippen molar-refractivity contribution < 1.29 is 19.5 Å². The first-order chi connectivity index (χ1) is 6.18. The van der Waals surface area contributed by atoms with E-state index in [1.54, 1.807) is 0 Å². The maximum absolute atomic E-state index is 10.6. The second-order valence-corrected chi connectivity index (χ2v) is 2.52. The third-order valence-electron chi connectivity index (χ3n) is 1.66. The molecule has 2 N–H and O–H groups in total. The quantitative estimate of drug-likeness (QED) is 0.687. The fourth-order valence-corrected chi connectivity index (χ4v) is 1.08. The molecule has 5 heteroatoms. The third-order valence-corrected chi connectivity index (χ3v) is 1.66. The molecule has 0 saturated heterocycles. The Kier molecular flexibility index (Phi) is 1.45. The van der Waals surface area contributed by atoms with Gasteiger partial charge in [-0.15, -0.1) is 0 Å². The number of carboxylic acid groups (broad SMARTS) is 1. The first kappa shape index (κ1) is 7.60. The molecule has 5 nitrogen and oxygen atoms in total. The first-order valence-corrected chi connectivity index (χ1v) is 3.50. The topological polar surface area (TPSA) is 83.6 Å². The first-order valence-electron chi connectivity index (χ1n) is 3.50. The Morgan fingerprint density at radius 1 is 1.46 bits per heavy atom. The Hall–Kier alpha value is -2.04. The van der Waals surface area contributed by atoms with Crippen LogP contribution in [0.1, 0.15) is 10.5 Å². The molecule has 0 saturated carbocycles. The van der Waals surface area contributed by atoms with Crippen molar-refractivity contribution in [2.75, 3.05) is 0 Å². The highest BCUT2D eigenvalue weighted by Crippen LogP contribution is 2.22. The zero-order valence-corrected chi connectivity index (χ0v) is 6.39. The number of rotatable bonds is 1. The summed E-state index contributed by atoms with van der Waals surface area (Å²) in [5.41, 5.74) is 0.154. The number of hydrogen-bond acceptors (Lipinski definition) is 4. The van der Waals surface area contributed by atoms with E-state index in [2.05, 4.69) is 5.16 Å². The molecule has 0 bridgehead atoms. The summed E-state index contributed by atoms with van der Waals surface area (Å²) < 4.78 is 4.72. The van der Waals surface area contributed by atoms with Crippen LogP contribution in [0.2, 0.25) is 0 Å². The molecule has 13 heavy (non-hydrogen) atoms. The molecule has 0 unspecified atom stereocenters. The number of hydrogen-bond donors (Lipinski definition) is 2. The maximum atomic E-state index is 10.6. The molecule has 0 aliphatic heterocycles. The van der Waals surface area contributed by atoms with Crippen molar-refractivity contribution in [1.29, 1.82) is 0 Å². The average molecular weight is 179 g/mol. The van der Waals surface area contributed by atoms with Crippen LogP contribution in [0.15, 0.2) is 22.7 Å². The van der Waals surface area contributed by atoms with Gasteiger partial charge in [0.05, 0.1) is 5.39 Å². The molecular weight excluding hydrogens is 174 g/mol. The third kappa shape index (κ3) is 1.10. The van der Waals surface area contributed by atoms with Crippen LogP contribution < -0.4 is 0 Å². The maximum Gasteiger partial charge on any atom is 0.358 e. The van der Waals surface area contributed by atoms with E-state index in [1.807, 2.05) is 0 Å². The number of aromatic nitrogens is 1. The summed E-state index contributed by atoms with van der Waals surface area (Å²) >= 11 is 0. The molecule has 1 heterocycles. The van der Waals surface area contributed by atoms with Crippen molar-refractivity contribution in [3.8, 4) is 5.75 Å². The standard InChI is InChI=1S/C8H5NO4/c10-4-1-2-6-5(3-4)7(8(11)12)9-13-6/h1-3,10H,(H,11,12). The van der Waals surface area contributed by atoms with Gasteiger partial charge in [0, 0.05) is 0 Å². The number of aromatic hydroxyl groups is 1. The normalized spacial score (nSPS) is 10.5. The Balaban J connectivity index is 2.79. The van der Waals surface area contributed by atoms with Crippen LogP contribution in [0.3, 0.4) is 0 Å². The van der Waals surface area contributed by atoms with Gasteiger partial charge in [0.2, 0.25) is 0 Å². The smallest absolute Gasteiger partial charge is 0.358 e. The van der Waals surface area contributed by atoms with Crippen molar-refractivity contribution in [3.05, 3.63) is 23.9 Å². The van der Waals surface area contributed by atoms with Gasteiger partial charge in [0.15, 0.2) is 11.3 Å². The number of fused-ring (bicyclic) bond motifs is 1. The van der Waals surface area contributed by atoms with Crippen LogP contribution in [-0.4, -0.2) is 21.3 Å². The highest BCUT2D eigenvalue weighted by Gasteiger charge is 2.14. The van der Waals surface area contributed by atoms with E-state index in [0.29, 0.717) is 11.0 Å². The van der Waals surface area contributed by atoms with Gasteiger partial charge in [-0.2, -0.15) is 0 Å². The predicted octanol–water partition coefficient (Wildman–Crippen LogP) is 1.23. The van der Waals surface area contributed by atoms with E-state index in [9.17, 15) is 4.79 Å². The van der Waals surface area contributed by atoms with E-state index in [0.717, 1.165) is 0 Å². The molecule has 0 radical (unpaired) electrons. The van der Waals surface area contributed by atoms with E-state index in [-0.39, 0.29) is 11.4 Å². The number of carbonyl (C=O) groups is 1. The molecule has 0 amide bonds. The fourth-order valence-electron chi connectivity index (χ4n) is 1.08. The van der Waals surface area contributed by atoms with Gasteiger partial charge in [-0.05, 0) is 18.2 Å². The van der Waals surface area contributed by atoms with Gasteiger partial charge < -0.3 is 14.7 Å². The second-order valence-electron chi connectivity index (χ2n) is 2.52. The van der Waals surface area contributed by atoms with Gasteiger partial charge in [-0.3, -0.25) is 0 Å². The van der Waals surface area contributed by atoms with Crippen LogP contribution in [0.25, 0.3) is 11.0 Å². The lowest BCUT2D eigenvalue weighted by Crippen LogP contribution is -1.95. The lowest BCUT2D eigenvalue weighted by molar-refractivity contribution is 0.0688. The molecule has 0 aliphatic rings. The van der Waals surface area contributed by atoms with Crippen molar-refractivity contribution in [1.82, 2.24) is 5.16 Å². The predicted molar refractivity (Wildman–Crippen MR) is 42.6 cm³/mol. The van der Waals surface area contributed by atoms with Crippen LogP contribution >= 0.6 is 0 Å². The summed E-state index contributed by atoms with van der Waals surface area (Å²) in [5, 5.41) is 21.4. The van der Waals surface area contributed by atoms with Crippen LogP contribution in [0.5, 0.6) is 5.75 Å². The van der Waals surface area contributed by atoms with E-state index in [4.69, 9.17) is 14.7 Å². The molecule has 1 aromatic heterocycles. The molecule has 0 spiro atoms. The van der Waals surface area contributed by atoms with Gasteiger partial charge in [-0.25, -0.2) is 4.79 Å².